The fourth-order valence-electron chi connectivity index (χ4n) is 1.63. The Kier molecular flexibility index (Phi) is 4.44. The number of aromatic nitrogens is 3. The number of methoxy groups -OCH3 is 1. The van der Waals surface area contributed by atoms with Crippen LogP contribution in [-0.4, -0.2) is 27.6 Å². The van der Waals surface area contributed by atoms with Crippen molar-refractivity contribution in [1.82, 2.24) is 14.8 Å². The largest absolute Gasteiger partial charge is 0.497 e. The van der Waals surface area contributed by atoms with E-state index in [1.807, 2.05) is 42.8 Å². The van der Waals surface area contributed by atoms with E-state index in [0.717, 1.165) is 28.0 Å². The Bertz CT molecular complexity index is 538. The Labute approximate surface area is 117 Å². The standard InChI is InChI=1S/C13H18N4OS/c1-9-15-16-13(17(9)2)19-8-12(14)10-4-6-11(18-3)7-5-10/h4-7,12H,8,14H2,1-3H3. The van der Waals surface area contributed by atoms with Crippen LogP contribution in [0, 0.1) is 6.92 Å². The summed E-state index contributed by atoms with van der Waals surface area (Å²) in [5.41, 5.74) is 7.26. The van der Waals surface area contributed by atoms with Gasteiger partial charge in [-0.05, 0) is 24.6 Å². The van der Waals surface area contributed by atoms with E-state index < -0.39 is 0 Å². The van der Waals surface area contributed by atoms with Crippen LogP contribution in [0.5, 0.6) is 5.75 Å². The predicted molar refractivity (Wildman–Crippen MR) is 76.4 cm³/mol. The van der Waals surface area contributed by atoms with Gasteiger partial charge in [0.25, 0.3) is 0 Å². The van der Waals surface area contributed by atoms with Gasteiger partial charge in [-0.25, -0.2) is 0 Å². The second kappa shape index (κ2) is 6.08. The molecule has 0 spiro atoms. The van der Waals surface area contributed by atoms with Crippen molar-refractivity contribution in [3.63, 3.8) is 0 Å². The number of thioether (sulfide) groups is 1. The van der Waals surface area contributed by atoms with Crippen LogP contribution in [0.25, 0.3) is 0 Å². The molecule has 0 saturated heterocycles. The molecule has 2 rings (SSSR count). The molecular formula is C13H18N4OS. The van der Waals surface area contributed by atoms with Gasteiger partial charge in [-0.15, -0.1) is 10.2 Å². The van der Waals surface area contributed by atoms with Gasteiger partial charge in [0.2, 0.25) is 0 Å². The lowest BCUT2D eigenvalue weighted by molar-refractivity contribution is 0.414. The molecule has 0 amide bonds. The molecular weight excluding hydrogens is 260 g/mol. The molecule has 0 fully saturated rings. The average Bonchev–Trinajstić information content (AvgIpc) is 2.76. The summed E-state index contributed by atoms with van der Waals surface area (Å²) in [7, 11) is 3.61. The van der Waals surface area contributed by atoms with E-state index in [1.54, 1.807) is 18.9 Å². The Morgan fingerprint density at radius 3 is 2.53 bits per heavy atom. The fraction of sp³-hybridized carbons (Fsp3) is 0.385. The normalized spacial score (nSPS) is 12.4. The lowest BCUT2D eigenvalue weighted by atomic mass is 10.1. The van der Waals surface area contributed by atoms with Gasteiger partial charge in [0.05, 0.1) is 7.11 Å². The smallest absolute Gasteiger partial charge is 0.191 e. The molecule has 1 unspecified atom stereocenters. The highest BCUT2D eigenvalue weighted by Gasteiger charge is 2.10. The SMILES string of the molecule is COc1ccc(C(N)CSc2nnc(C)n2C)cc1. The summed E-state index contributed by atoms with van der Waals surface area (Å²) in [5, 5.41) is 9.02. The van der Waals surface area contributed by atoms with Crippen LogP contribution in [0.3, 0.4) is 0 Å². The van der Waals surface area contributed by atoms with Gasteiger partial charge in [0.1, 0.15) is 11.6 Å². The maximum atomic E-state index is 6.17. The molecule has 102 valence electrons. The first kappa shape index (κ1) is 13.9. The molecule has 0 saturated carbocycles. The zero-order chi connectivity index (χ0) is 13.8. The molecule has 5 nitrogen and oxygen atoms in total. The highest BCUT2D eigenvalue weighted by Crippen LogP contribution is 2.23. The Balaban J connectivity index is 1.97. The van der Waals surface area contributed by atoms with Crippen LogP contribution < -0.4 is 10.5 Å². The van der Waals surface area contributed by atoms with Gasteiger partial charge >= 0.3 is 0 Å². The number of hydrogen-bond donors (Lipinski definition) is 1. The molecule has 0 radical (unpaired) electrons. The van der Waals surface area contributed by atoms with E-state index in [2.05, 4.69) is 10.2 Å². The van der Waals surface area contributed by atoms with E-state index in [0.29, 0.717) is 0 Å². The van der Waals surface area contributed by atoms with Crippen molar-refractivity contribution in [3.05, 3.63) is 35.7 Å². The third-order valence-electron chi connectivity index (χ3n) is 2.99. The Morgan fingerprint density at radius 1 is 1.32 bits per heavy atom. The van der Waals surface area contributed by atoms with Crippen molar-refractivity contribution < 1.29 is 4.74 Å². The summed E-state index contributed by atoms with van der Waals surface area (Å²) < 4.78 is 7.09. The molecule has 0 bridgehead atoms. The molecule has 2 aromatic rings. The summed E-state index contributed by atoms with van der Waals surface area (Å²) in [6.07, 6.45) is 0. The number of nitrogens with zero attached hydrogens (tertiary/aromatic N) is 3. The van der Waals surface area contributed by atoms with Crippen LogP contribution in [-0.2, 0) is 7.05 Å². The van der Waals surface area contributed by atoms with Gasteiger partial charge < -0.3 is 15.0 Å². The molecule has 2 N–H and O–H groups in total. The Hall–Kier alpha value is -1.53. The molecule has 1 aromatic heterocycles. The van der Waals surface area contributed by atoms with E-state index in [1.165, 1.54) is 0 Å². The number of ether oxygens (including phenoxy) is 1. The number of rotatable bonds is 5. The minimum absolute atomic E-state index is 0.0343. The first-order valence-electron chi connectivity index (χ1n) is 6.00. The van der Waals surface area contributed by atoms with Crippen molar-refractivity contribution in [2.24, 2.45) is 12.8 Å². The number of nitrogens with two attached hydrogens (primary N) is 1. The van der Waals surface area contributed by atoms with Crippen molar-refractivity contribution >= 4 is 11.8 Å². The summed E-state index contributed by atoms with van der Waals surface area (Å²) in [4.78, 5) is 0. The van der Waals surface area contributed by atoms with E-state index in [4.69, 9.17) is 10.5 Å². The number of benzene rings is 1. The maximum Gasteiger partial charge on any atom is 0.191 e. The predicted octanol–water partition coefficient (Wildman–Crippen LogP) is 1.92. The summed E-state index contributed by atoms with van der Waals surface area (Å²) in [6, 6.07) is 7.80. The molecule has 19 heavy (non-hydrogen) atoms. The van der Waals surface area contributed by atoms with Gasteiger partial charge in [0.15, 0.2) is 5.16 Å². The molecule has 1 heterocycles. The first-order valence-corrected chi connectivity index (χ1v) is 6.98. The average molecular weight is 278 g/mol. The highest BCUT2D eigenvalue weighted by molar-refractivity contribution is 7.99. The Morgan fingerprint density at radius 2 is 2.00 bits per heavy atom. The van der Waals surface area contributed by atoms with Crippen LogP contribution in [0.1, 0.15) is 17.4 Å². The molecule has 0 aliphatic heterocycles. The van der Waals surface area contributed by atoms with Gasteiger partial charge in [-0.2, -0.15) is 0 Å². The molecule has 6 heteroatoms. The summed E-state index contributed by atoms with van der Waals surface area (Å²) >= 11 is 1.61. The second-order valence-electron chi connectivity index (χ2n) is 4.28. The van der Waals surface area contributed by atoms with Crippen molar-refractivity contribution in [3.8, 4) is 5.75 Å². The highest BCUT2D eigenvalue weighted by atomic mass is 32.2. The molecule has 1 atom stereocenters. The molecule has 0 aliphatic rings. The monoisotopic (exact) mass is 278 g/mol. The van der Waals surface area contributed by atoms with Crippen LogP contribution in [0.4, 0.5) is 0 Å². The summed E-state index contributed by atoms with van der Waals surface area (Å²) in [5.74, 6) is 2.51. The topological polar surface area (TPSA) is 66.0 Å². The minimum atomic E-state index is -0.0343. The zero-order valence-electron chi connectivity index (χ0n) is 11.3. The fourth-order valence-corrected chi connectivity index (χ4v) is 2.57. The van der Waals surface area contributed by atoms with Crippen LogP contribution in [0.15, 0.2) is 29.4 Å². The van der Waals surface area contributed by atoms with E-state index in [-0.39, 0.29) is 6.04 Å². The van der Waals surface area contributed by atoms with E-state index >= 15 is 0 Å². The zero-order valence-corrected chi connectivity index (χ0v) is 12.1. The maximum absolute atomic E-state index is 6.17. The van der Waals surface area contributed by atoms with E-state index in [9.17, 15) is 0 Å². The van der Waals surface area contributed by atoms with Gasteiger partial charge in [-0.3, -0.25) is 0 Å². The molecule has 0 aliphatic carbocycles. The number of aryl methyl sites for hydroxylation is 1. The van der Waals surface area contributed by atoms with Gasteiger partial charge in [0, 0.05) is 18.8 Å². The van der Waals surface area contributed by atoms with Crippen LogP contribution >= 0.6 is 11.8 Å². The second-order valence-corrected chi connectivity index (χ2v) is 5.27. The quantitative estimate of drug-likeness (QED) is 0.846. The lowest BCUT2D eigenvalue weighted by Gasteiger charge is -2.11. The minimum Gasteiger partial charge on any atom is -0.497 e. The number of hydrogen-bond acceptors (Lipinski definition) is 5. The van der Waals surface area contributed by atoms with Gasteiger partial charge in [-0.1, -0.05) is 23.9 Å². The van der Waals surface area contributed by atoms with Crippen molar-refractivity contribution in [1.29, 1.82) is 0 Å². The first-order chi connectivity index (χ1) is 9.11. The molecule has 1 aromatic carbocycles. The van der Waals surface area contributed by atoms with Crippen molar-refractivity contribution in [2.45, 2.75) is 18.1 Å². The third kappa shape index (κ3) is 3.27. The summed E-state index contributed by atoms with van der Waals surface area (Å²) in [6.45, 7) is 1.93. The van der Waals surface area contributed by atoms with Crippen molar-refractivity contribution in [2.75, 3.05) is 12.9 Å². The third-order valence-corrected chi connectivity index (χ3v) is 4.13. The van der Waals surface area contributed by atoms with Crippen LogP contribution in [0.2, 0.25) is 0 Å². The lowest BCUT2D eigenvalue weighted by Crippen LogP contribution is -2.13.